The van der Waals surface area contributed by atoms with Crippen LogP contribution in [0.3, 0.4) is 0 Å². The van der Waals surface area contributed by atoms with Gasteiger partial charge in [-0.2, -0.15) is 5.26 Å². The SMILES string of the molecule is CCC(=O)C(C#N)(Oc1cc(Oc2cnc3cc(Cl)ccc3n2)ccc1[N+](=O)[O-])c1ccc(Cl)cc1Cl. The van der Waals surface area contributed by atoms with Gasteiger partial charge in [0, 0.05) is 34.2 Å². The number of fused-ring (bicyclic) bond motifs is 1. The molecule has 12 heteroatoms. The van der Waals surface area contributed by atoms with E-state index in [1.54, 1.807) is 18.2 Å². The number of ketones is 1. The summed E-state index contributed by atoms with van der Waals surface area (Å²) in [6.45, 7) is 1.53. The second kappa shape index (κ2) is 10.6. The lowest BCUT2D eigenvalue weighted by atomic mass is 9.89. The average molecular weight is 558 g/mol. The largest absolute Gasteiger partial charge is 0.453 e. The molecule has 1 heterocycles. The Morgan fingerprint density at radius 3 is 2.49 bits per heavy atom. The van der Waals surface area contributed by atoms with Gasteiger partial charge < -0.3 is 9.47 Å². The molecule has 0 fully saturated rings. The molecule has 0 radical (unpaired) electrons. The summed E-state index contributed by atoms with van der Waals surface area (Å²) in [6.07, 6.45) is 1.24. The van der Waals surface area contributed by atoms with E-state index in [0.717, 1.165) is 6.07 Å². The third-order valence-electron chi connectivity index (χ3n) is 5.28. The number of carbonyl (C=O) groups is 1. The van der Waals surface area contributed by atoms with Crippen LogP contribution in [0.5, 0.6) is 17.4 Å². The molecule has 4 rings (SSSR count). The van der Waals surface area contributed by atoms with Crippen LogP contribution in [0.25, 0.3) is 11.0 Å². The molecule has 0 N–H and O–H groups in total. The number of rotatable bonds is 8. The van der Waals surface area contributed by atoms with Crippen LogP contribution in [-0.2, 0) is 10.4 Å². The van der Waals surface area contributed by atoms with Crippen molar-refractivity contribution in [2.45, 2.75) is 18.9 Å². The molecule has 1 unspecified atom stereocenters. The number of ether oxygens (including phenoxy) is 2. The van der Waals surface area contributed by atoms with Gasteiger partial charge in [-0.25, -0.2) is 9.97 Å². The van der Waals surface area contributed by atoms with Gasteiger partial charge in [-0.1, -0.05) is 47.8 Å². The van der Waals surface area contributed by atoms with Crippen molar-refractivity contribution in [3.8, 4) is 23.4 Å². The number of hydrogen-bond donors (Lipinski definition) is 0. The van der Waals surface area contributed by atoms with E-state index in [1.807, 2.05) is 6.07 Å². The highest BCUT2D eigenvalue weighted by molar-refractivity contribution is 6.35. The first-order valence-corrected chi connectivity index (χ1v) is 11.8. The summed E-state index contributed by atoms with van der Waals surface area (Å²) in [4.78, 5) is 32.7. The molecule has 0 aliphatic rings. The number of nitrogens with zero attached hydrogens (tertiary/aromatic N) is 4. The Bertz CT molecular complexity index is 1590. The topological polar surface area (TPSA) is 128 Å². The quantitative estimate of drug-likeness (QED) is 0.166. The van der Waals surface area contributed by atoms with Gasteiger partial charge in [0.15, 0.2) is 5.78 Å². The van der Waals surface area contributed by atoms with Gasteiger partial charge in [-0.05, 0) is 36.4 Å². The van der Waals surface area contributed by atoms with Crippen molar-refractivity contribution < 1.29 is 19.2 Å². The molecule has 4 aromatic rings. The zero-order valence-corrected chi connectivity index (χ0v) is 21.2. The average Bonchev–Trinajstić information content (AvgIpc) is 2.87. The molecule has 37 heavy (non-hydrogen) atoms. The van der Waals surface area contributed by atoms with Crippen molar-refractivity contribution in [2.75, 3.05) is 0 Å². The lowest BCUT2D eigenvalue weighted by molar-refractivity contribution is -0.386. The summed E-state index contributed by atoms with van der Waals surface area (Å²) in [7, 11) is 0. The van der Waals surface area contributed by atoms with Crippen molar-refractivity contribution in [1.29, 1.82) is 5.26 Å². The summed E-state index contributed by atoms with van der Waals surface area (Å²) < 4.78 is 11.6. The van der Waals surface area contributed by atoms with E-state index < -0.39 is 27.7 Å². The fourth-order valence-electron chi connectivity index (χ4n) is 3.52. The highest BCUT2D eigenvalue weighted by Gasteiger charge is 2.45. The summed E-state index contributed by atoms with van der Waals surface area (Å²) in [5, 5.41) is 22.6. The van der Waals surface area contributed by atoms with Crippen molar-refractivity contribution in [3.63, 3.8) is 0 Å². The van der Waals surface area contributed by atoms with Gasteiger partial charge in [0.1, 0.15) is 11.8 Å². The van der Waals surface area contributed by atoms with Crippen molar-refractivity contribution in [3.05, 3.63) is 91.5 Å². The van der Waals surface area contributed by atoms with Gasteiger partial charge in [-0.3, -0.25) is 14.9 Å². The van der Waals surface area contributed by atoms with Crippen LogP contribution < -0.4 is 9.47 Å². The number of nitro groups is 1. The van der Waals surface area contributed by atoms with E-state index >= 15 is 0 Å². The van der Waals surface area contributed by atoms with Crippen molar-refractivity contribution in [2.24, 2.45) is 0 Å². The zero-order chi connectivity index (χ0) is 26.7. The smallest absolute Gasteiger partial charge is 0.311 e. The molecule has 3 aromatic carbocycles. The molecule has 0 saturated heterocycles. The van der Waals surface area contributed by atoms with Crippen molar-refractivity contribution in [1.82, 2.24) is 9.97 Å². The number of aromatic nitrogens is 2. The predicted molar refractivity (Wildman–Crippen MR) is 137 cm³/mol. The minimum Gasteiger partial charge on any atom is -0.453 e. The molecule has 9 nitrogen and oxygen atoms in total. The number of halogens is 3. The van der Waals surface area contributed by atoms with E-state index in [-0.39, 0.29) is 33.7 Å². The Morgan fingerprint density at radius 1 is 1.08 bits per heavy atom. The van der Waals surface area contributed by atoms with Crippen LogP contribution in [0, 0.1) is 21.4 Å². The number of nitro benzene ring substituents is 1. The lowest BCUT2D eigenvalue weighted by Crippen LogP contribution is -2.40. The van der Waals surface area contributed by atoms with Crippen LogP contribution in [0.15, 0.2) is 60.8 Å². The molecule has 0 saturated carbocycles. The molecule has 0 spiro atoms. The van der Waals surface area contributed by atoms with Crippen LogP contribution >= 0.6 is 34.8 Å². The zero-order valence-electron chi connectivity index (χ0n) is 18.9. The highest BCUT2D eigenvalue weighted by atomic mass is 35.5. The molecular formula is C25H15Cl3N4O5. The molecule has 0 aliphatic carbocycles. The van der Waals surface area contributed by atoms with Crippen LogP contribution in [0.4, 0.5) is 5.69 Å². The molecule has 1 aromatic heterocycles. The second-order valence-corrected chi connectivity index (χ2v) is 8.91. The van der Waals surface area contributed by atoms with E-state index in [9.17, 15) is 20.2 Å². The molecule has 1 atom stereocenters. The molecule has 186 valence electrons. The van der Waals surface area contributed by atoms with Gasteiger partial charge in [0.05, 0.1) is 27.2 Å². The summed E-state index contributed by atoms with van der Waals surface area (Å²) >= 11 is 18.3. The third kappa shape index (κ3) is 5.27. The van der Waals surface area contributed by atoms with E-state index in [4.69, 9.17) is 44.3 Å². The Hall–Kier alpha value is -3.97. The summed E-state index contributed by atoms with van der Waals surface area (Å²) in [6, 6.07) is 14.6. The highest BCUT2D eigenvalue weighted by Crippen LogP contribution is 2.41. The molecule has 0 bridgehead atoms. The number of Topliss-reactive ketones (excluding diaryl/α,β-unsaturated/α-hetero) is 1. The normalized spacial score (nSPS) is 12.4. The monoisotopic (exact) mass is 556 g/mol. The number of hydrogen-bond acceptors (Lipinski definition) is 8. The van der Waals surface area contributed by atoms with Gasteiger partial charge in [-0.15, -0.1) is 0 Å². The van der Waals surface area contributed by atoms with Gasteiger partial charge >= 0.3 is 5.69 Å². The van der Waals surface area contributed by atoms with Gasteiger partial charge in [0.25, 0.3) is 5.60 Å². The molecule has 0 amide bonds. The number of nitriles is 1. The van der Waals surface area contributed by atoms with Crippen LogP contribution in [0.1, 0.15) is 18.9 Å². The predicted octanol–water partition coefficient (Wildman–Crippen LogP) is 7.07. The third-order valence-corrected chi connectivity index (χ3v) is 6.06. The van der Waals surface area contributed by atoms with E-state index in [1.165, 1.54) is 43.5 Å². The Labute approximate surface area is 225 Å². The van der Waals surface area contributed by atoms with Crippen LogP contribution in [0.2, 0.25) is 15.1 Å². The first kappa shape index (κ1) is 26.1. The minimum absolute atomic E-state index is 0.00686. The number of benzene rings is 3. The van der Waals surface area contributed by atoms with Crippen LogP contribution in [-0.4, -0.2) is 20.7 Å². The minimum atomic E-state index is -2.29. The maximum Gasteiger partial charge on any atom is 0.311 e. The molecular weight excluding hydrogens is 543 g/mol. The lowest BCUT2D eigenvalue weighted by Gasteiger charge is -2.27. The standard InChI is InChI=1S/C25H15Cl3N4O5/c1-2-23(33)25(13-29,17-6-3-14(26)9-18(17)28)37-22-11-16(5-8-21(22)32(34)35)36-24-12-30-20-10-15(27)4-7-19(20)31-24/h3-12H,2H2,1H3. The van der Waals surface area contributed by atoms with Crippen molar-refractivity contribution >= 4 is 57.3 Å². The van der Waals surface area contributed by atoms with Gasteiger partial charge in [0.2, 0.25) is 11.6 Å². The Morgan fingerprint density at radius 2 is 1.81 bits per heavy atom. The maximum absolute atomic E-state index is 13.0. The van der Waals surface area contributed by atoms with E-state index in [2.05, 4.69) is 9.97 Å². The first-order chi connectivity index (χ1) is 17.7. The number of carbonyl (C=O) groups excluding carboxylic acids is 1. The van der Waals surface area contributed by atoms with E-state index in [0.29, 0.717) is 16.1 Å². The summed E-state index contributed by atoms with van der Waals surface area (Å²) in [5.74, 6) is -0.885. The Balaban J connectivity index is 1.78. The molecule has 0 aliphatic heterocycles. The fourth-order valence-corrected chi connectivity index (χ4v) is 4.23. The second-order valence-electron chi connectivity index (χ2n) is 7.63. The Kier molecular flexibility index (Phi) is 7.45. The summed E-state index contributed by atoms with van der Waals surface area (Å²) in [5.41, 5.74) is -1.74. The first-order valence-electron chi connectivity index (χ1n) is 10.6. The fraction of sp³-hybridized carbons (Fsp3) is 0.120. The maximum atomic E-state index is 13.0.